The van der Waals surface area contributed by atoms with Crippen molar-refractivity contribution in [3.05, 3.63) is 11.6 Å². The van der Waals surface area contributed by atoms with Gasteiger partial charge in [0.1, 0.15) is 0 Å². The minimum absolute atomic E-state index is 0.303. The molecule has 3 N–H and O–H groups in total. The number of nitrogens with one attached hydrogen (secondary N) is 1. The number of nitrogens with zero attached hydrogens (tertiary/aromatic N) is 1. The van der Waals surface area contributed by atoms with Gasteiger partial charge in [-0.05, 0) is 12.8 Å². The van der Waals surface area contributed by atoms with E-state index in [4.69, 9.17) is 5.73 Å². The Morgan fingerprint density at radius 1 is 1.46 bits per heavy atom. The van der Waals surface area contributed by atoms with Gasteiger partial charge in [-0.3, -0.25) is 0 Å². The van der Waals surface area contributed by atoms with Crippen molar-refractivity contribution in [2.75, 3.05) is 5.32 Å². The Balaban J connectivity index is 1.93. The molecule has 1 heterocycles. The number of aromatic nitrogens is 1. The molecule has 1 fully saturated rings. The lowest BCUT2D eigenvalue weighted by Crippen LogP contribution is -2.42. The van der Waals surface area contributed by atoms with E-state index in [1.165, 1.54) is 19.3 Å². The summed E-state index contributed by atoms with van der Waals surface area (Å²) in [6.45, 7) is 0. The second-order valence-corrected chi connectivity index (χ2v) is 4.43. The molecule has 1 aliphatic carbocycles. The maximum atomic E-state index is 6.01. The molecular weight excluding hydrogens is 182 g/mol. The van der Waals surface area contributed by atoms with Crippen molar-refractivity contribution in [3.8, 4) is 0 Å². The van der Waals surface area contributed by atoms with Gasteiger partial charge in [0, 0.05) is 23.7 Å². The summed E-state index contributed by atoms with van der Waals surface area (Å²) >= 11 is 1.64. The quantitative estimate of drug-likeness (QED) is 0.760. The van der Waals surface area contributed by atoms with Gasteiger partial charge < -0.3 is 11.1 Å². The molecule has 1 aromatic heterocycles. The average molecular weight is 197 g/mol. The lowest BCUT2D eigenvalue weighted by atomic mass is 9.91. The molecule has 13 heavy (non-hydrogen) atoms. The smallest absolute Gasteiger partial charge is 0.182 e. The molecule has 0 unspecified atom stereocenters. The Morgan fingerprint density at radius 3 is 3.00 bits per heavy atom. The van der Waals surface area contributed by atoms with Crippen LogP contribution in [0.2, 0.25) is 0 Å². The van der Waals surface area contributed by atoms with Gasteiger partial charge in [-0.1, -0.05) is 12.8 Å². The van der Waals surface area contributed by atoms with Gasteiger partial charge in [-0.25, -0.2) is 4.98 Å². The fourth-order valence-corrected chi connectivity index (χ4v) is 2.38. The Kier molecular flexibility index (Phi) is 2.80. The van der Waals surface area contributed by atoms with Crippen molar-refractivity contribution >= 4 is 16.5 Å². The highest BCUT2D eigenvalue weighted by Crippen LogP contribution is 2.21. The number of hydrogen-bond donors (Lipinski definition) is 2. The number of rotatable bonds is 2. The zero-order valence-corrected chi connectivity index (χ0v) is 8.39. The van der Waals surface area contributed by atoms with Crippen LogP contribution in [0.1, 0.15) is 25.7 Å². The van der Waals surface area contributed by atoms with E-state index in [1.54, 1.807) is 11.3 Å². The Bertz CT molecular complexity index is 247. The highest BCUT2D eigenvalue weighted by atomic mass is 32.1. The third-order valence-corrected chi connectivity index (χ3v) is 3.26. The first kappa shape index (κ1) is 8.97. The molecule has 0 saturated heterocycles. The van der Waals surface area contributed by atoms with Crippen molar-refractivity contribution < 1.29 is 0 Å². The summed E-state index contributed by atoms with van der Waals surface area (Å²) in [5.41, 5.74) is 6.01. The average Bonchev–Trinajstić information content (AvgIpc) is 2.61. The van der Waals surface area contributed by atoms with Crippen LogP contribution in [0.25, 0.3) is 0 Å². The number of thiazole rings is 1. The van der Waals surface area contributed by atoms with Gasteiger partial charge in [0.15, 0.2) is 5.13 Å². The molecule has 3 nitrogen and oxygen atoms in total. The van der Waals surface area contributed by atoms with Crippen molar-refractivity contribution in [1.82, 2.24) is 4.98 Å². The first-order valence-electron chi connectivity index (χ1n) is 4.78. The van der Waals surface area contributed by atoms with E-state index in [0.29, 0.717) is 12.1 Å². The van der Waals surface area contributed by atoms with Crippen LogP contribution in [0, 0.1) is 0 Å². The summed E-state index contributed by atoms with van der Waals surface area (Å²) in [5.74, 6) is 0. The largest absolute Gasteiger partial charge is 0.357 e. The Morgan fingerprint density at radius 2 is 2.31 bits per heavy atom. The molecule has 2 atom stereocenters. The standard InChI is InChI=1S/C9H15N3S/c10-7-3-1-2-4-8(7)12-9-11-5-6-13-9/h5-8H,1-4,10H2,(H,11,12)/t7-,8-/m1/s1. The molecule has 4 heteroatoms. The minimum Gasteiger partial charge on any atom is -0.357 e. The molecule has 2 rings (SSSR count). The zero-order chi connectivity index (χ0) is 9.10. The third-order valence-electron chi connectivity index (χ3n) is 2.56. The molecule has 0 aliphatic heterocycles. The minimum atomic E-state index is 0.303. The summed E-state index contributed by atoms with van der Waals surface area (Å²) in [6, 6.07) is 0.734. The third kappa shape index (κ3) is 2.19. The molecule has 0 aromatic carbocycles. The van der Waals surface area contributed by atoms with Crippen LogP contribution in [0.5, 0.6) is 0 Å². The van der Waals surface area contributed by atoms with Gasteiger partial charge in [0.2, 0.25) is 0 Å². The van der Waals surface area contributed by atoms with E-state index in [1.807, 2.05) is 11.6 Å². The summed E-state index contributed by atoms with van der Waals surface area (Å²) in [5, 5.41) is 6.38. The summed E-state index contributed by atoms with van der Waals surface area (Å²) < 4.78 is 0. The monoisotopic (exact) mass is 197 g/mol. The molecule has 0 radical (unpaired) electrons. The normalized spacial score (nSPS) is 28.7. The topological polar surface area (TPSA) is 50.9 Å². The second-order valence-electron chi connectivity index (χ2n) is 3.54. The fraction of sp³-hybridized carbons (Fsp3) is 0.667. The van der Waals surface area contributed by atoms with Crippen LogP contribution < -0.4 is 11.1 Å². The molecule has 1 aromatic rings. The van der Waals surface area contributed by atoms with E-state index in [2.05, 4.69) is 10.3 Å². The van der Waals surface area contributed by atoms with Crippen molar-refractivity contribution in [2.24, 2.45) is 5.73 Å². The van der Waals surface area contributed by atoms with Crippen LogP contribution in [-0.4, -0.2) is 17.1 Å². The van der Waals surface area contributed by atoms with Gasteiger partial charge >= 0.3 is 0 Å². The van der Waals surface area contributed by atoms with Crippen molar-refractivity contribution in [2.45, 2.75) is 37.8 Å². The number of anilines is 1. The highest BCUT2D eigenvalue weighted by molar-refractivity contribution is 7.13. The molecule has 72 valence electrons. The first-order valence-corrected chi connectivity index (χ1v) is 5.66. The molecule has 0 bridgehead atoms. The van der Waals surface area contributed by atoms with Crippen LogP contribution in [0.15, 0.2) is 11.6 Å². The van der Waals surface area contributed by atoms with Gasteiger partial charge in [0.05, 0.1) is 0 Å². The first-order chi connectivity index (χ1) is 6.36. The highest BCUT2D eigenvalue weighted by Gasteiger charge is 2.21. The SMILES string of the molecule is N[C@@H]1CCCC[C@H]1Nc1nccs1. The van der Waals surface area contributed by atoms with Crippen LogP contribution in [-0.2, 0) is 0 Å². The van der Waals surface area contributed by atoms with Gasteiger partial charge in [-0.2, -0.15) is 0 Å². The predicted octanol–water partition coefficient (Wildman–Crippen LogP) is 1.82. The molecule has 1 saturated carbocycles. The summed E-state index contributed by atoms with van der Waals surface area (Å²) in [4.78, 5) is 4.20. The van der Waals surface area contributed by atoms with Crippen molar-refractivity contribution in [3.63, 3.8) is 0 Å². The molecule has 0 spiro atoms. The van der Waals surface area contributed by atoms with E-state index < -0.39 is 0 Å². The van der Waals surface area contributed by atoms with E-state index >= 15 is 0 Å². The van der Waals surface area contributed by atoms with Crippen molar-refractivity contribution in [1.29, 1.82) is 0 Å². The van der Waals surface area contributed by atoms with E-state index in [9.17, 15) is 0 Å². The summed E-state index contributed by atoms with van der Waals surface area (Å²) in [7, 11) is 0. The zero-order valence-electron chi connectivity index (χ0n) is 7.57. The van der Waals surface area contributed by atoms with Crippen LogP contribution >= 0.6 is 11.3 Å². The number of hydrogen-bond acceptors (Lipinski definition) is 4. The predicted molar refractivity (Wildman–Crippen MR) is 56.0 cm³/mol. The molecule has 1 aliphatic rings. The summed E-state index contributed by atoms with van der Waals surface area (Å²) in [6.07, 6.45) is 6.71. The molecular formula is C9H15N3S. The number of nitrogens with two attached hydrogens (primary N) is 1. The maximum absolute atomic E-state index is 6.01. The van der Waals surface area contributed by atoms with Gasteiger partial charge in [0.25, 0.3) is 0 Å². The Hall–Kier alpha value is -0.610. The lowest BCUT2D eigenvalue weighted by molar-refractivity contribution is 0.404. The maximum Gasteiger partial charge on any atom is 0.182 e. The second kappa shape index (κ2) is 4.07. The Labute approximate surface area is 82.4 Å². The lowest BCUT2D eigenvalue weighted by Gasteiger charge is -2.28. The fourth-order valence-electron chi connectivity index (χ4n) is 1.79. The van der Waals surface area contributed by atoms with Crippen LogP contribution in [0.4, 0.5) is 5.13 Å². The van der Waals surface area contributed by atoms with E-state index in [0.717, 1.165) is 11.6 Å². The van der Waals surface area contributed by atoms with E-state index in [-0.39, 0.29) is 0 Å². The van der Waals surface area contributed by atoms with Crippen LogP contribution in [0.3, 0.4) is 0 Å². The van der Waals surface area contributed by atoms with Gasteiger partial charge in [-0.15, -0.1) is 11.3 Å². The molecule has 0 amide bonds.